The molecule has 8 heteroatoms. The van der Waals surface area contributed by atoms with E-state index in [2.05, 4.69) is 21.2 Å². The van der Waals surface area contributed by atoms with Crippen molar-refractivity contribution in [2.24, 2.45) is 0 Å². The zero-order chi connectivity index (χ0) is 23.2. The highest BCUT2D eigenvalue weighted by Gasteiger charge is 2.22. The number of carbonyl (C=O) groups excluding carboxylic acids is 2. The summed E-state index contributed by atoms with van der Waals surface area (Å²) in [6.07, 6.45) is 7.87. The molecule has 0 radical (unpaired) electrons. The van der Waals surface area contributed by atoms with Crippen LogP contribution in [0, 0.1) is 0 Å². The molecule has 33 heavy (non-hydrogen) atoms. The normalized spacial score (nSPS) is 14.2. The monoisotopic (exact) mass is 513 g/mol. The molecule has 7 nitrogen and oxygen atoms in total. The lowest BCUT2D eigenvalue weighted by molar-refractivity contribution is -0.146. The lowest BCUT2D eigenvalue weighted by atomic mass is 9.95. The van der Waals surface area contributed by atoms with Crippen LogP contribution in [0.1, 0.15) is 51.9 Å². The molecule has 0 aliphatic heterocycles. The van der Waals surface area contributed by atoms with Crippen LogP contribution in [0.2, 0.25) is 0 Å². The number of benzene rings is 1. The van der Waals surface area contributed by atoms with Crippen LogP contribution in [-0.4, -0.2) is 34.0 Å². The Labute approximate surface area is 201 Å². The molecule has 0 spiro atoms. The number of imidazole rings is 1. The summed E-state index contributed by atoms with van der Waals surface area (Å²) in [5, 5.41) is 3.71. The summed E-state index contributed by atoms with van der Waals surface area (Å²) in [5.74, 6) is 0.408. The molecule has 1 fully saturated rings. The fourth-order valence-corrected chi connectivity index (χ4v) is 4.48. The Morgan fingerprint density at radius 2 is 1.85 bits per heavy atom. The SMILES string of the molecule is CCOC(=O)CCC(=O)Oc1ccccc1-c1nc2ccc(Br)cn2c1NC1CCCCC1. The van der Waals surface area contributed by atoms with Crippen molar-refractivity contribution in [3.63, 3.8) is 0 Å². The van der Waals surface area contributed by atoms with Crippen molar-refractivity contribution in [3.8, 4) is 17.0 Å². The van der Waals surface area contributed by atoms with Gasteiger partial charge in [-0.15, -0.1) is 0 Å². The van der Waals surface area contributed by atoms with Crippen molar-refractivity contribution in [3.05, 3.63) is 47.1 Å². The van der Waals surface area contributed by atoms with Gasteiger partial charge in [0.15, 0.2) is 0 Å². The Morgan fingerprint density at radius 1 is 1.09 bits per heavy atom. The number of hydrogen-bond donors (Lipinski definition) is 1. The Morgan fingerprint density at radius 3 is 2.64 bits per heavy atom. The highest BCUT2D eigenvalue weighted by molar-refractivity contribution is 9.10. The average Bonchev–Trinajstić information content (AvgIpc) is 3.16. The minimum atomic E-state index is -0.483. The molecule has 174 valence electrons. The van der Waals surface area contributed by atoms with Gasteiger partial charge < -0.3 is 14.8 Å². The summed E-state index contributed by atoms with van der Waals surface area (Å²) < 4.78 is 13.5. The van der Waals surface area contributed by atoms with Gasteiger partial charge >= 0.3 is 11.9 Å². The standard InChI is InChI=1S/C25H28BrN3O4/c1-2-32-22(30)14-15-23(31)33-20-11-7-6-10-19(20)24-25(27-18-8-4-3-5-9-18)29-16-17(26)12-13-21(29)28-24/h6-7,10-13,16,18,27H,2-5,8-9,14-15H2,1H3. The second-order valence-electron chi connectivity index (χ2n) is 8.14. The number of fused-ring (bicyclic) bond motifs is 1. The third-order valence-electron chi connectivity index (χ3n) is 5.73. The van der Waals surface area contributed by atoms with Crippen molar-refractivity contribution >= 4 is 39.3 Å². The molecule has 4 rings (SSSR count). The summed E-state index contributed by atoms with van der Waals surface area (Å²) in [6.45, 7) is 2.02. The molecule has 2 aromatic heterocycles. The topological polar surface area (TPSA) is 81.9 Å². The third-order valence-corrected chi connectivity index (χ3v) is 6.20. The molecule has 3 aromatic rings. The van der Waals surface area contributed by atoms with E-state index in [1.165, 1.54) is 19.3 Å². The molecule has 1 saturated carbocycles. The van der Waals surface area contributed by atoms with E-state index in [0.29, 0.717) is 11.8 Å². The zero-order valence-electron chi connectivity index (χ0n) is 18.7. The van der Waals surface area contributed by atoms with Gasteiger partial charge in [-0.05, 0) is 60.0 Å². The summed E-state index contributed by atoms with van der Waals surface area (Å²) in [5.41, 5.74) is 2.25. The van der Waals surface area contributed by atoms with Gasteiger partial charge in [0.25, 0.3) is 0 Å². The van der Waals surface area contributed by atoms with Gasteiger partial charge in [-0.25, -0.2) is 4.98 Å². The quantitative estimate of drug-likeness (QED) is 0.304. The number of aromatic nitrogens is 2. The highest BCUT2D eigenvalue weighted by Crippen LogP contribution is 2.37. The number of pyridine rings is 1. The van der Waals surface area contributed by atoms with Crippen molar-refractivity contribution in [2.45, 2.75) is 57.9 Å². The van der Waals surface area contributed by atoms with Crippen molar-refractivity contribution in [1.29, 1.82) is 0 Å². The van der Waals surface area contributed by atoms with Crippen molar-refractivity contribution in [1.82, 2.24) is 9.38 Å². The van der Waals surface area contributed by atoms with Gasteiger partial charge in [-0.2, -0.15) is 0 Å². The van der Waals surface area contributed by atoms with E-state index in [1.54, 1.807) is 13.0 Å². The van der Waals surface area contributed by atoms with Crippen LogP contribution >= 0.6 is 15.9 Å². The molecule has 2 heterocycles. The maximum atomic E-state index is 12.4. The van der Waals surface area contributed by atoms with E-state index in [0.717, 1.165) is 40.0 Å². The number of halogens is 1. The van der Waals surface area contributed by atoms with Gasteiger partial charge in [-0.3, -0.25) is 14.0 Å². The summed E-state index contributed by atoms with van der Waals surface area (Å²) in [7, 11) is 0. The highest BCUT2D eigenvalue weighted by atomic mass is 79.9. The predicted octanol–water partition coefficient (Wildman–Crippen LogP) is 5.76. The first-order chi connectivity index (χ1) is 16.0. The van der Waals surface area contributed by atoms with Crippen LogP contribution in [0.15, 0.2) is 47.1 Å². The molecule has 1 aliphatic carbocycles. The number of carbonyl (C=O) groups is 2. The molecule has 1 N–H and O–H groups in total. The molecular formula is C25H28BrN3O4. The predicted molar refractivity (Wildman–Crippen MR) is 130 cm³/mol. The molecule has 0 saturated heterocycles. The van der Waals surface area contributed by atoms with E-state index < -0.39 is 11.9 Å². The number of nitrogens with zero attached hydrogens (tertiary/aromatic N) is 2. The van der Waals surface area contributed by atoms with E-state index in [4.69, 9.17) is 14.5 Å². The third kappa shape index (κ3) is 5.74. The first kappa shape index (κ1) is 23.3. The summed E-state index contributed by atoms with van der Waals surface area (Å²) >= 11 is 3.56. The van der Waals surface area contributed by atoms with Gasteiger partial charge in [0, 0.05) is 22.3 Å². The molecular weight excluding hydrogens is 486 g/mol. The van der Waals surface area contributed by atoms with E-state index in [-0.39, 0.29) is 19.4 Å². The van der Waals surface area contributed by atoms with E-state index in [9.17, 15) is 9.59 Å². The Hall–Kier alpha value is -2.87. The van der Waals surface area contributed by atoms with Crippen LogP contribution in [0.5, 0.6) is 5.75 Å². The van der Waals surface area contributed by atoms with Gasteiger partial charge in [0.05, 0.1) is 19.4 Å². The lowest BCUT2D eigenvalue weighted by Crippen LogP contribution is -2.23. The maximum absolute atomic E-state index is 12.4. The number of esters is 2. The Balaban J connectivity index is 1.65. The largest absolute Gasteiger partial charge is 0.466 e. The Kier molecular flexibility index (Phi) is 7.65. The lowest BCUT2D eigenvalue weighted by Gasteiger charge is -2.24. The fraction of sp³-hybridized carbons (Fsp3) is 0.400. The van der Waals surface area contributed by atoms with Gasteiger partial charge in [0.1, 0.15) is 22.9 Å². The van der Waals surface area contributed by atoms with Crippen molar-refractivity contribution in [2.75, 3.05) is 11.9 Å². The first-order valence-electron chi connectivity index (χ1n) is 11.4. The summed E-state index contributed by atoms with van der Waals surface area (Å²) in [6, 6.07) is 11.6. The van der Waals surface area contributed by atoms with Crippen molar-refractivity contribution < 1.29 is 19.1 Å². The van der Waals surface area contributed by atoms with Gasteiger partial charge in [-0.1, -0.05) is 31.4 Å². The van der Waals surface area contributed by atoms with Crippen LogP contribution in [0.3, 0.4) is 0 Å². The zero-order valence-corrected chi connectivity index (χ0v) is 20.3. The second-order valence-corrected chi connectivity index (χ2v) is 9.05. The molecule has 0 amide bonds. The van der Waals surface area contributed by atoms with E-state index in [1.807, 2.05) is 40.9 Å². The van der Waals surface area contributed by atoms with Crippen LogP contribution in [-0.2, 0) is 14.3 Å². The minimum Gasteiger partial charge on any atom is -0.466 e. The maximum Gasteiger partial charge on any atom is 0.311 e. The number of para-hydroxylation sites is 1. The number of anilines is 1. The van der Waals surface area contributed by atoms with Crippen LogP contribution in [0.25, 0.3) is 16.9 Å². The number of nitrogens with one attached hydrogen (secondary N) is 1. The number of rotatable bonds is 8. The Bertz CT molecular complexity index is 1140. The summed E-state index contributed by atoms with van der Waals surface area (Å²) in [4.78, 5) is 28.9. The number of hydrogen-bond acceptors (Lipinski definition) is 6. The molecule has 0 atom stereocenters. The molecule has 0 unspecified atom stereocenters. The first-order valence-corrected chi connectivity index (χ1v) is 12.2. The van der Waals surface area contributed by atoms with Crippen LogP contribution < -0.4 is 10.1 Å². The number of ether oxygens (including phenoxy) is 2. The average molecular weight is 514 g/mol. The van der Waals surface area contributed by atoms with Crippen LogP contribution in [0.4, 0.5) is 5.82 Å². The minimum absolute atomic E-state index is 0.00822. The molecule has 1 aliphatic rings. The second kappa shape index (κ2) is 10.8. The molecule has 1 aromatic carbocycles. The molecule has 0 bridgehead atoms. The fourth-order valence-electron chi connectivity index (χ4n) is 4.15. The van der Waals surface area contributed by atoms with Gasteiger partial charge in [0.2, 0.25) is 0 Å². The smallest absolute Gasteiger partial charge is 0.311 e. The van der Waals surface area contributed by atoms with E-state index >= 15 is 0 Å².